The summed E-state index contributed by atoms with van der Waals surface area (Å²) in [5.74, 6) is 0.715. The minimum atomic E-state index is -0.00901. The van der Waals surface area contributed by atoms with Crippen molar-refractivity contribution in [2.24, 2.45) is 12.8 Å². The summed E-state index contributed by atoms with van der Waals surface area (Å²) in [7, 11) is 1.87. The SMILES string of the molecule is CC(N)CCCC(=O)Nc1ccccc1-c1nncn1C. The van der Waals surface area contributed by atoms with E-state index in [0.29, 0.717) is 6.42 Å². The molecular weight excluding hydrogens is 266 g/mol. The fraction of sp³-hybridized carbons (Fsp3) is 0.400. The van der Waals surface area contributed by atoms with Gasteiger partial charge in [-0.05, 0) is 31.9 Å². The zero-order valence-electron chi connectivity index (χ0n) is 12.4. The fourth-order valence-corrected chi connectivity index (χ4v) is 2.11. The summed E-state index contributed by atoms with van der Waals surface area (Å²) < 4.78 is 1.82. The average molecular weight is 287 g/mol. The number of anilines is 1. The summed E-state index contributed by atoms with van der Waals surface area (Å²) in [5.41, 5.74) is 7.30. The van der Waals surface area contributed by atoms with Gasteiger partial charge in [-0.3, -0.25) is 4.79 Å². The third kappa shape index (κ3) is 4.13. The highest BCUT2D eigenvalue weighted by Gasteiger charge is 2.12. The van der Waals surface area contributed by atoms with Gasteiger partial charge in [-0.15, -0.1) is 10.2 Å². The average Bonchev–Trinajstić information content (AvgIpc) is 2.85. The first-order chi connectivity index (χ1) is 10.1. The lowest BCUT2D eigenvalue weighted by atomic mass is 10.1. The summed E-state index contributed by atoms with van der Waals surface area (Å²) in [4.78, 5) is 12.0. The van der Waals surface area contributed by atoms with Crippen LogP contribution < -0.4 is 11.1 Å². The standard InChI is InChI=1S/C15H21N5O/c1-11(16)6-5-9-14(21)18-13-8-4-3-7-12(13)15-19-17-10-20(15)2/h3-4,7-8,10-11H,5-6,9,16H2,1-2H3,(H,18,21). The Balaban J connectivity index is 2.07. The number of hydrogen-bond acceptors (Lipinski definition) is 4. The molecule has 1 aromatic heterocycles. The van der Waals surface area contributed by atoms with E-state index in [2.05, 4.69) is 15.5 Å². The molecule has 0 fully saturated rings. The van der Waals surface area contributed by atoms with E-state index in [1.807, 2.05) is 42.8 Å². The predicted octanol–water partition coefficient (Wildman–Crippen LogP) is 1.94. The summed E-state index contributed by atoms with van der Waals surface area (Å²) >= 11 is 0. The first kappa shape index (κ1) is 15.2. The molecule has 6 nitrogen and oxygen atoms in total. The molecule has 0 spiro atoms. The molecule has 0 aliphatic heterocycles. The van der Waals surface area contributed by atoms with Gasteiger partial charge in [0.25, 0.3) is 0 Å². The second-order valence-corrected chi connectivity index (χ2v) is 5.23. The van der Waals surface area contributed by atoms with Gasteiger partial charge >= 0.3 is 0 Å². The van der Waals surface area contributed by atoms with Gasteiger partial charge in [-0.2, -0.15) is 0 Å². The molecule has 1 aromatic carbocycles. The Hall–Kier alpha value is -2.21. The van der Waals surface area contributed by atoms with E-state index < -0.39 is 0 Å². The Labute approximate surface area is 124 Å². The number of nitrogens with zero attached hydrogens (tertiary/aromatic N) is 3. The fourth-order valence-electron chi connectivity index (χ4n) is 2.11. The largest absolute Gasteiger partial charge is 0.328 e. The van der Waals surface area contributed by atoms with Gasteiger partial charge in [-0.1, -0.05) is 12.1 Å². The Morgan fingerprint density at radius 3 is 2.86 bits per heavy atom. The zero-order chi connectivity index (χ0) is 15.2. The highest BCUT2D eigenvalue weighted by molar-refractivity contribution is 5.94. The van der Waals surface area contributed by atoms with Crippen LogP contribution in [0, 0.1) is 0 Å². The second kappa shape index (κ2) is 6.99. The van der Waals surface area contributed by atoms with Gasteiger partial charge in [-0.25, -0.2) is 0 Å². The van der Waals surface area contributed by atoms with Crippen LogP contribution >= 0.6 is 0 Å². The molecule has 1 atom stereocenters. The number of carbonyl (C=O) groups is 1. The minimum Gasteiger partial charge on any atom is -0.328 e. The number of amides is 1. The Bertz CT molecular complexity index is 606. The molecule has 1 amide bonds. The zero-order valence-corrected chi connectivity index (χ0v) is 12.4. The topological polar surface area (TPSA) is 85.8 Å². The summed E-state index contributed by atoms with van der Waals surface area (Å²) in [6, 6.07) is 7.71. The summed E-state index contributed by atoms with van der Waals surface area (Å²) in [6.07, 6.45) is 3.74. The maximum Gasteiger partial charge on any atom is 0.224 e. The van der Waals surface area contributed by atoms with Crippen molar-refractivity contribution in [2.75, 3.05) is 5.32 Å². The molecule has 2 aromatic rings. The van der Waals surface area contributed by atoms with Crippen molar-refractivity contribution in [1.82, 2.24) is 14.8 Å². The first-order valence-corrected chi connectivity index (χ1v) is 7.06. The van der Waals surface area contributed by atoms with Crippen molar-refractivity contribution in [1.29, 1.82) is 0 Å². The van der Waals surface area contributed by atoms with Gasteiger partial charge in [0.05, 0.1) is 5.69 Å². The Morgan fingerprint density at radius 2 is 2.19 bits per heavy atom. The highest BCUT2D eigenvalue weighted by atomic mass is 16.1. The number of carbonyl (C=O) groups excluding carboxylic acids is 1. The lowest BCUT2D eigenvalue weighted by Crippen LogP contribution is -2.17. The molecule has 1 unspecified atom stereocenters. The summed E-state index contributed by atoms with van der Waals surface area (Å²) in [6.45, 7) is 1.95. The van der Waals surface area contributed by atoms with Crippen LogP contribution in [0.4, 0.5) is 5.69 Å². The van der Waals surface area contributed by atoms with Gasteiger partial charge in [0, 0.05) is 25.1 Å². The minimum absolute atomic E-state index is 0.00901. The van der Waals surface area contributed by atoms with E-state index in [-0.39, 0.29) is 11.9 Å². The Morgan fingerprint density at radius 1 is 1.43 bits per heavy atom. The van der Waals surface area contributed by atoms with E-state index >= 15 is 0 Å². The maximum absolute atomic E-state index is 12.0. The van der Waals surface area contributed by atoms with E-state index in [1.165, 1.54) is 0 Å². The van der Waals surface area contributed by atoms with E-state index in [0.717, 1.165) is 29.9 Å². The highest BCUT2D eigenvalue weighted by Crippen LogP contribution is 2.25. The van der Waals surface area contributed by atoms with Crippen LogP contribution in [0.1, 0.15) is 26.2 Å². The van der Waals surface area contributed by atoms with Crippen LogP contribution in [0.2, 0.25) is 0 Å². The number of aryl methyl sites for hydroxylation is 1. The molecule has 1 heterocycles. The molecule has 0 aliphatic carbocycles. The van der Waals surface area contributed by atoms with Crippen molar-refractivity contribution in [3.63, 3.8) is 0 Å². The lowest BCUT2D eigenvalue weighted by Gasteiger charge is -2.11. The molecule has 0 radical (unpaired) electrons. The molecule has 3 N–H and O–H groups in total. The quantitative estimate of drug-likeness (QED) is 0.850. The number of nitrogens with one attached hydrogen (secondary N) is 1. The molecule has 0 aliphatic rings. The van der Waals surface area contributed by atoms with Crippen LogP contribution in [-0.2, 0) is 11.8 Å². The number of rotatable bonds is 6. The molecule has 6 heteroatoms. The number of aromatic nitrogens is 3. The van der Waals surface area contributed by atoms with Gasteiger partial charge in [0.15, 0.2) is 5.82 Å². The van der Waals surface area contributed by atoms with Gasteiger partial charge < -0.3 is 15.6 Å². The monoisotopic (exact) mass is 287 g/mol. The van der Waals surface area contributed by atoms with Gasteiger partial charge in [0.2, 0.25) is 5.91 Å². The third-order valence-electron chi connectivity index (χ3n) is 3.22. The molecule has 0 saturated heterocycles. The number of nitrogens with two attached hydrogens (primary N) is 1. The number of para-hydroxylation sites is 1. The van der Waals surface area contributed by atoms with Gasteiger partial charge in [0.1, 0.15) is 6.33 Å². The predicted molar refractivity (Wildman–Crippen MR) is 82.6 cm³/mol. The molecular formula is C15H21N5O. The van der Waals surface area contributed by atoms with E-state index in [9.17, 15) is 4.79 Å². The first-order valence-electron chi connectivity index (χ1n) is 7.06. The molecule has 0 bridgehead atoms. The van der Waals surface area contributed by atoms with Crippen molar-refractivity contribution in [3.8, 4) is 11.4 Å². The number of benzene rings is 1. The van der Waals surface area contributed by atoms with Crippen molar-refractivity contribution < 1.29 is 4.79 Å². The smallest absolute Gasteiger partial charge is 0.224 e. The molecule has 0 saturated carbocycles. The van der Waals surface area contributed by atoms with Crippen molar-refractivity contribution >= 4 is 11.6 Å². The van der Waals surface area contributed by atoms with Crippen molar-refractivity contribution in [2.45, 2.75) is 32.2 Å². The number of hydrogen-bond donors (Lipinski definition) is 2. The molecule has 112 valence electrons. The third-order valence-corrected chi connectivity index (χ3v) is 3.22. The van der Waals surface area contributed by atoms with Crippen LogP contribution in [0.15, 0.2) is 30.6 Å². The molecule has 2 rings (SSSR count). The van der Waals surface area contributed by atoms with Crippen LogP contribution in [0.25, 0.3) is 11.4 Å². The van der Waals surface area contributed by atoms with Crippen LogP contribution in [0.3, 0.4) is 0 Å². The summed E-state index contributed by atoms with van der Waals surface area (Å²) in [5, 5.41) is 10.9. The van der Waals surface area contributed by atoms with E-state index in [4.69, 9.17) is 5.73 Å². The van der Waals surface area contributed by atoms with E-state index in [1.54, 1.807) is 6.33 Å². The van der Waals surface area contributed by atoms with Crippen LogP contribution in [0.5, 0.6) is 0 Å². The molecule has 21 heavy (non-hydrogen) atoms. The normalized spacial score (nSPS) is 12.1. The maximum atomic E-state index is 12.0. The second-order valence-electron chi connectivity index (χ2n) is 5.23. The van der Waals surface area contributed by atoms with Crippen LogP contribution in [-0.4, -0.2) is 26.7 Å². The van der Waals surface area contributed by atoms with Crippen molar-refractivity contribution in [3.05, 3.63) is 30.6 Å². The lowest BCUT2D eigenvalue weighted by molar-refractivity contribution is -0.116. The Kier molecular flexibility index (Phi) is 5.05.